The molecule has 1 aliphatic rings. The Hall–Kier alpha value is -3.82. The van der Waals surface area contributed by atoms with Crippen LogP contribution in [0, 0.1) is 6.92 Å². The number of morpholine rings is 1. The Labute approximate surface area is 205 Å². The highest BCUT2D eigenvalue weighted by Crippen LogP contribution is 2.40. The van der Waals surface area contributed by atoms with Crippen molar-refractivity contribution in [2.75, 3.05) is 31.6 Å². The van der Waals surface area contributed by atoms with E-state index in [2.05, 4.69) is 10.4 Å². The van der Waals surface area contributed by atoms with Crippen molar-refractivity contribution in [3.63, 3.8) is 0 Å². The molecule has 0 saturated carbocycles. The van der Waals surface area contributed by atoms with E-state index in [1.165, 1.54) is 11.3 Å². The van der Waals surface area contributed by atoms with E-state index in [0.29, 0.717) is 47.6 Å². The van der Waals surface area contributed by atoms with Gasteiger partial charge in [-0.2, -0.15) is 5.10 Å². The lowest BCUT2D eigenvalue weighted by atomic mass is 10.1. The number of benzene rings is 2. The van der Waals surface area contributed by atoms with Crippen LogP contribution in [0.15, 0.2) is 65.6 Å². The van der Waals surface area contributed by atoms with Gasteiger partial charge in [-0.1, -0.05) is 48.5 Å². The second kappa shape index (κ2) is 9.81. The molecule has 178 valence electrons. The van der Waals surface area contributed by atoms with Crippen LogP contribution in [0.4, 0.5) is 5.00 Å². The maximum absolute atomic E-state index is 13.5. The fourth-order valence-corrected chi connectivity index (χ4v) is 5.41. The minimum absolute atomic E-state index is 0.138. The molecule has 1 fully saturated rings. The first-order valence-electron chi connectivity index (χ1n) is 11.3. The number of rotatable bonds is 5. The molecule has 9 heteroatoms. The van der Waals surface area contributed by atoms with E-state index in [1.54, 1.807) is 29.3 Å². The highest BCUT2D eigenvalue weighted by atomic mass is 32.1. The molecular weight excluding hydrogens is 464 g/mol. The standard InChI is InChI=1S/C26H24N4O4S/c1-17-22(26(33)29-11-13-34-14-12-29)24(35-23(17)18-7-3-2-4-8-18)28-21(31)16-30-25(32)20-10-6-5-9-19(20)15-27-30/h2-10,15H,11-14,16H2,1H3,(H,28,31). The summed E-state index contributed by atoms with van der Waals surface area (Å²) in [7, 11) is 0. The molecule has 2 aromatic carbocycles. The van der Waals surface area contributed by atoms with E-state index < -0.39 is 5.91 Å². The molecule has 2 amide bonds. The zero-order valence-corrected chi connectivity index (χ0v) is 20.0. The van der Waals surface area contributed by atoms with Crippen LogP contribution in [-0.4, -0.2) is 52.8 Å². The second-order valence-corrected chi connectivity index (χ2v) is 9.29. The Morgan fingerprint density at radius 3 is 2.54 bits per heavy atom. The van der Waals surface area contributed by atoms with Crippen molar-refractivity contribution in [1.29, 1.82) is 0 Å². The molecule has 0 radical (unpaired) electrons. The molecule has 8 nitrogen and oxygen atoms in total. The lowest BCUT2D eigenvalue weighted by molar-refractivity contribution is -0.116. The summed E-state index contributed by atoms with van der Waals surface area (Å²) >= 11 is 1.36. The van der Waals surface area contributed by atoms with Crippen molar-refractivity contribution in [3.05, 3.63) is 82.3 Å². The molecule has 0 spiro atoms. The van der Waals surface area contributed by atoms with Gasteiger partial charge in [-0.15, -0.1) is 11.3 Å². The summed E-state index contributed by atoms with van der Waals surface area (Å²) in [5, 5.41) is 8.72. The molecule has 2 aromatic heterocycles. The number of hydrogen-bond donors (Lipinski definition) is 1. The minimum atomic E-state index is -0.424. The number of ether oxygens (including phenoxy) is 1. The summed E-state index contributed by atoms with van der Waals surface area (Å²) in [6, 6.07) is 16.9. The summed E-state index contributed by atoms with van der Waals surface area (Å²) in [5.41, 5.74) is 1.92. The molecule has 0 aliphatic carbocycles. The van der Waals surface area contributed by atoms with Gasteiger partial charge in [0.25, 0.3) is 11.5 Å². The summed E-state index contributed by atoms with van der Waals surface area (Å²) in [5.74, 6) is -0.563. The van der Waals surface area contributed by atoms with Crippen LogP contribution < -0.4 is 10.9 Å². The van der Waals surface area contributed by atoms with E-state index in [-0.39, 0.29) is 18.0 Å². The minimum Gasteiger partial charge on any atom is -0.378 e. The van der Waals surface area contributed by atoms with Crippen molar-refractivity contribution in [3.8, 4) is 10.4 Å². The third-order valence-corrected chi connectivity index (χ3v) is 7.26. The van der Waals surface area contributed by atoms with Crippen LogP contribution in [0.5, 0.6) is 0 Å². The molecule has 0 unspecified atom stereocenters. The Bertz CT molecular complexity index is 1460. The van der Waals surface area contributed by atoms with Gasteiger partial charge < -0.3 is 15.0 Å². The van der Waals surface area contributed by atoms with E-state index in [4.69, 9.17) is 4.74 Å². The SMILES string of the molecule is Cc1c(-c2ccccc2)sc(NC(=O)Cn2ncc3ccccc3c2=O)c1C(=O)N1CCOCC1. The molecule has 4 aromatic rings. The highest BCUT2D eigenvalue weighted by molar-refractivity contribution is 7.20. The van der Waals surface area contributed by atoms with Crippen molar-refractivity contribution in [2.24, 2.45) is 0 Å². The van der Waals surface area contributed by atoms with Gasteiger partial charge in [-0.05, 0) is 24.1 Å². The monoisotopic (exact) mass is 488 g/mol. The average Bonchev–Trinajstić information content (AvgIpc) is 3.21. The predicted molar refractivity (Wildman–Crippen MR) is 136 cm³/mol. The number of amides is 2. The number of aromatic nitrogens is 2. The van der Waals surface area contributed by atoms with Crippen LogP contribution in [0.3, 0.4) is 0 Å². The van der Waals surface area contributed by atoms with Crippen LogP contribution in [0.1, 0.15) is 15.9 Å². The van der Waals surface area contributed by atoms with Gasteiger partial charge in [0.1, 0.15) is 11.5 Å². The van der Waals surface area contributed by atoms with Gasteiger partial charge in [0.05, 0.1) is 30.4 Å². The molecular formula is C26H24N4O4S. The molecule has 1 aliphatic heterocycles. The molecule has 35 heavy (non-hydrogen) atoms. The number of anilines is 1. The number of hydrogen-bond acceptors (Lipinski definition) is 6. The smallest absolute Gasteiger partial charge is 0.275 e. The highest BCUT2D eigenvalue weighted by Gasteiger charge is 2.28. The van der Waals surface area contributed by atoms with E-state index in [9.17, 15) is 14.4 Å². The number of fused-ring (bicyclic) bond motifs is 1. The van der Waals surface area contributed by atoms with E-state index >= 15 is 0 Å². The first kappa shape index (κ1) is 22.9. The lowest BCUT2D eigenvalue weighted by Crippen LogP contribution is -2.41. The van der Waals surface area contributed by atoms with E-state index in [1.807, 2.05) is 43.3 Å². The zero-order valence-electron chi connectivity index (χ0n) is 19.2. The Morgan fingerprint density at radius 1 is 1.06 bits per heavy atom. The number of thiophene rings is 1. The lowest BCUT2D eigenvalue weighted by Gasteiger charge is -2.27. The van der Waals surface area contributed by atoms with Crippen LogP contribution >= 0.6 is 11.3 Å². The third kappa shape index (κ3) is 4.60. The van der Waals surface area contributed by atoms with Crippen LogP contribution in [-0.2, 0) is 16.1 Å². The topological polar surface area (TPSA) is 93.5 Å². The van der Waals surface area contributed by atoms with Crippen LogP contribution in [0.2, 0.25) is 0 Å². The number of nitrogens with zero attached hydrogens (tertiary/aromatic N) is 3. The predicted octanol–water partition coefficient (Wildman–Crippen LogP) is 3.54. The molecule has 0 bridgehead atoms. The Balaban J connectivity index is 1.47. The van der Waals surface area contributed by atoms with Crippen molar-refractivity contribution in [2.45, 2.75) is 13.5 Å². The molecule has 0 atom stereocenters. The maximum Gasteiger partial charge on any atom is 0.275 e. The Morgan fingerprint density at radius 2 is 1.77 bits per heavy atom. The van der Waals surface area contributed by atoms with Crippen LogP contribution in [0.25, 0.3) is 21.2 Å². The van der Waals surface area contributed by atoms with Gasteiger partial charge in [-0.3, -0.25) is 14.4 Å². The number of carbonyl (C=O) groups excluding carboxylic acids is 2. The summed E-state index contributed by atoms with van der Waals surface area (Å²) < 4.78 is 6.53. The maximum atomic E-state index is 13.5. The third-order valence-electron chi connectivity index (χ3n) is 6.00. The first-order chi connectivity index (χ1) is 17.0. The van der Waals surface area contributed by atoms with Gasteiger partial charge in [-0.25, -0.2) is 4.68 Å². The fourth-order valence-electron chi connectivity index (χ4n) is 4.19. The van der Waals surface area contributed by atoms with Crippen molar-refractivity contribution >= 4 is 38.9 Å². The molecule has 1 N–H and O–H groups in total. The van der Waals surface area contributed by atoms with Crippen molar-refractivity contribution < 1.29 is 14.3 Å². The average molecular weight is 489 g/mol. The van der Waals surface area contributed by atoms with Crippen molar-refractivity contribution in [1.82, 2.24) is 14.7 Å². The summed E-state index contributed by atoms with van der Waals surface area (Å²) in [4.78, 5) is 42.0. The normalized spacial score (nSPS) is 13.7. The van der Waals surface area contributed by atoms with Gasteiger partial charge in [0.15, 0.2) is 0 Å². The number of nitrogens with one attached hydrogen (secondary N) is 1. The number of carbonyl (C=O) groups is 2. The summed E-state index contributed by atoms with van der Waals surface area (Å²) in [6.07, 6.45) is 1.57. The van der Waals surface area contributed by atoms with Gasteiger partial charge in [0, 0.05) is 23.4 Å². The molecule has 5 rings (SSSR count). The largest absolute Gasteiger partial charge is 0.378 e. The quantitative estimate of drug-likeness (QED) is 0.464. The summed E-state index contributed by atoms with van der Waals surface area (Å²) in [6.45, 7) is 3.61. The molecule has 3 heterocycles. The zero-order chi connectivity index (χ0) is 24.4. The molecule has 1 saturated heterocycles. The van der Waals surface area contributed by atoms with Gasteiger partial charge >= 0.3 is 0 Å². The van der Waals surface area contributed by atoms with Gasteiger partial charge in [0.2, 0.25) is 5.91 Å². The first-order valence-corrected chi connectivity index (χ1v) is 12.1. The van der Waals surface area contributed by atoms with E-state index in [0.717, 1.165) is 20.7 Å². The Kier molecular flexibility index (Phi) is 6.43. The second-order valence-electron chi connectivity index (χ2n) is 8.27. The fraction of sp³-hybridized carbons (Fsp3) is 0.231.